The Balaban J connectivity index is 2.06. The Morgan fingerprint density at radius 1 is 1.20 bits per heavy atom. The molecule has 0 spiro atoms. The molecule has 2 N–H and O–H groups in total. The minimum Gasteiger partial charge on any atom is -0.387 e. The Morgan fingerprint density at radius 2 is 1.95 bits per heavy atom. The molecule has 0 bridgehead atoms. The molecular formula is C15H14BrF2NO. The molecule has 2 nitrogen and oxygen atoms in total. The molecule has 0 saturated carbocycles. The quantitative estimate of drug-likeness (QED) is 0.874. The second kappa shape index (κ2) is 6.33. The third-order valence-corrected chi connectivity index (χ3v) is 4.06. The fourth-order valence-electron chi connectivity index (χ4n) is 1.83. The number of benzene rings is 2. The number of aliphatic hydroxyl groups excluding tert-OH is 1. The van der Waals surface area contributed by atoms with Gasteiger partial charge in [-0.3, -0.25) is 0 Å². The molecule has 0 aliphatic heterocycles. The molecule has 2 aromatic carbocycles. The highest BCUT2D eigenvalue weighted by Gasteiger charge is 2.11. The molecule has 0 amide bonds. The van der Waals surface area contributed by atoms with E-state index in [1.807, 2.05) is 25.1 Å². The van der Waals surface area contributed by atoms with E-state index in [-0.39, 0.29) is 6.54 Å². The summed E-state index contributed by atoms with van der Waals surface area (Å²) in [6.07, 6.45) is -0.919. The minimum atomic E-state index is -0.960. The van der Waals surface area contributed by atoms with E-state index in [0.717, 1.165) is 27.9 Å². The van der Waals surface area contributed by atoms with Crippen LogP contribution in [0.25, 0.3) is 0 Å². The molecular weight excluding hydrogens is 328 g/mol. The van der Waals surface area contributed by atoms with Crippen LogP contribution in [0.2, 0.25) is 0 Å². The average molecular weight is 342 g/mol. The molecule has 2 rings (SSSR count). The summed E-state index contributed by atoms with van der Waals surface area (Å²) < 4.78 is 26.9. The Bertz CT molecular complexity index is 619. The summed E-state index contributed by atoms with van der Waals surface area (Å²) in [5.74, 6) is -1.88. The highest BCUT2D eigenvalue weighted by molar-refractivity contribution is 9.10. The molecule has 0 heterocycles. The monoisotopic (exact) mass is 341 g/mol. The topological polar surface area (TPSA) is 32.3 Å². The molecule has 5 heteroatoms. The first-order valence-corrected chi connectivity index (χ1v) is 6.90. The highest BCUT2D eigenvalue weighted by atomic mass is 79.9. The molecule has 1 unspecified atom stereocenters. The lowest BCUT2D eigenvalue weighted by molar-refractivity contribution is 0.191. The SMILES string of the molecule is Cc1cccc(NCC(O)c2ccc(F)c(F)c2)c1Br. The summed E-state index contributed by atoms with van der Waals surface area (Å²) in [4.78, 5) is 0. The van der Waals surface area contributed by atoms with Crippen LogP contribution >= 0.6 is 15.9 Å². The van der Waals surface area contributed by atoms with E-state index in [1.165, 1.54) is 6.07 Å². The Hall–Kier alpha value is -1.46. The molecule has 0 aliphatic rings. The van der Waals surface area contributed by atoms with E-state index >= 15 is 0 Å². The van der Waals surface area contributed by atoms with Crippen LogP contribution in [-0.4, -0.2) is 11.7 Å². The van der Waals surface area contributed by atoms with Gasteiger partial charge in [-0.2, -0.15) is 0 Å². The molecule has 106 valence electrons. The lowest BCUT2D eigenvalue weighted by Crippen LogP contribution is -2.13. The molecule has 0 aromatic heterocycles. The van der Waals surface area contributed by atoms with Crippen molar-refractivity contribution in [1.82, 2.24) is 0 Å². The molecule has 2 aromatic rings. The Labute approximate surface area is 124 Å². The lowest BCUT2D eigenvalue weighted by Gasteiger charge is -2.15. The largest absolute Gasteiger partial charge is 0.387 e. The second-order valence-corrected chi connectivity index (χ2v) is 5.30. The number of anilines is 1. The van der Waals surface area contributed by atoms with Gasteiger partial charge in [-0.05, 0) is 52.2 Å². The van der Waals surface area contributed by atoms with Crippen LogP contribution in [0.4, 0.5) is 14.5 Å². The van der Waals surface area contributed by atoms with Crippen LogP contribution in [0.15, 0.2) is 40.9 Å². The third-order valence-electron chi connectivity index (χ3n) is 3.01. The van der Waals surface area contributed by atoms with Crippen molar-refractivity contribution in [1.29, 1.82) is 0 Å². The van der Waals surface area contributed by atoms with Crippen molar-refractivity contribution in [3.05, 3.63) is 63.6 Å². The zero-order valence-electron chi connectivity index (χ0n) is 10.8. The van der Waals surface area contributed by atoms with Crippen molar-refractivity contribution < 1.29 is 13.9 Å². The van der Waals surface area contributed by atoms with Crippen molar-refractivity contribution in [3.63, 3.8) is 0 Å². The van der Waals surface area contributed by atoms with Crippen LogP contribution in [0.3, 0.4) is 0 Å². The first-order valence-electron chi connectivity index (χ1n) is 6.11. The Kier molecular flexibility index (Phi) is 4.73. The van der Waals surface area contributed by atoms with Crippen LogP contribution in [0.5, 0.6) is 0 Å². The van der Waals surface area contributed by atoms with Crippen LogP contribution in [-0.2, 0) is 0 Å². The van der Waals surface area contributed by atoms with Gasteiger partial charge in [0, 0.05) is 16.7 Å². The van der Waals surface area contributed by atoms with Crippen LogP contribution in [0, 0.1) is 18.6 Å². The summed E-state index contributed by atoms with van der Waals surface area (Å²) in [7, 11) is 0. The predicted molar refractivity (Wildman–Crippen MR) is 78.7 cm³/mol. The van der Waals surface area contributed by atoms with Gasteiger partial charge in [-0.25, -0.2) is 8.78 Å². The first-order chi connectivity index (χ1) is 9.49. The number of rotatable bonds is 4. The maximum Gasteiger partial charge on any atom is 0.159 e. The standard InChI is InChI=1S/C15H14BrF2NO/c1-9-3-2-4-13(15(9)16)19-8-14(20)10-5-6-11(17)12(18)7-10/h2-7,14,19-20H,8H2,1H3. The van der Waals surface area contributed by atoms with E-state index < -0.39 is 17.7 Å². The second-order valence-electron chi connectivity index (χ2n) is 4.51. The molecule has 0 saturated heterocycles. The van der Waals surface area contributed by atoms with E-state index in [4.69, 9.17) is 0 Å². The minimum absolute atomic E-state index is 0.202. The van der Waals surface area contributed by atoms with Gasteiger partial charge in [0.15, 0.2) is 11.6 Å². The van der Waals surface area contributed by atoms with Crippen LogP contribution < -0.4 is 5.32 Å². The van der Waals surface area contributed by atoms with Crippen molar-refractivity contribution in [2.75, 3.05) is 11.9 Å². The molecule has 0 radical (unpaired) electrons. The van der Waals surface area contributed by atoms with E-state index in [9.17, 15) is 13.9 Å². The van der Waals surface area contributed by atoms with Gasteiger partial charge in [-0.15, -0.1) is 0 Å². The molecule has 20 heavy (non-hydrogen) atoms. The average Bonchev–Trinajstić information content (AvgIpc) is 2.43. The van der Waals surface area contributed by atoms with Crippen molar-refractivity contribution >= 4 is 21.6 Å². The number of halogens is 3. The van der Waals surface area contributed by atoms with E-state index in [2.05, 4.69) is 21.2 Å². The fourth-order valence-corrected chi connectivity index (χ4v) is 2.23. The fraction of sp³-hybridized carbons (Fsp3) is 0.200. The smallest absolute Gasteiger partial charge is 0.159 e. The summed E-state index contributed by atoms with van der Waals surface area (Å²) in [5.41, 5.74) is 2.24. The number of hydrogen-bond donors (Lipinski definition) is 2. The Morgan fingerprint density at radius 3 is 2.65 bits per heavy atom. The van der Waals surface area contributed by atoms with Crippen molar-refractivity contribution in [2.24, 2.45) is 0 Å². The predicted octanol–water partition coefficient (Wildman–Crippen LogP) is 4.18. The highest BCUT2D eigenvalue weighted by Crippen LogP contribution is 2.26. The summed E-state index contributed by atoms with van der Waals surface area (Å²) >= 11 is 3.45. The van der Waals surface area contributed by atoms with Gasteiger partial charge >= 0.3 is 0 Å². The van der Waals surface area contributed by atoms with Gasteiger partial charge in [0.2, 0.25) is 0 Å². The molecule has 0 fully saturated rings. The number of aliphatic hydroxyl groups is 1. The molecule has 0 aliphatic carbocycles. The maximum absolute atomic E-state index is 13.1. The maximum atomic E-state index is 13.1. The van der Waals surface area contributed by atoms with Crippen molar-refractivity contribution in [2.45, 2.75) is 13.0 Å². The normalized spacial score (nSPS) is 12.2. The summed E-state index contributed by atoms with van der Waals surface area (Å²) in [6, 6.07) is 9.11. The zero-order valence-corrected chi connectivity index (χ0v) is 12.4. The lowest BCUT2D eigenvalue weighted by atomic mass is 10.1. The summed E-state index contributed by atoms with van der Waals surface area (Å²) in [6.45, 7) is 2.16. The van der Waals surface area contributed by atoms with Gasteiger partial charge in [0.1, 0.15) is 0 Å². The number of hydrogen-bond acceptors (Lipinski definition) is 2. The zero-order chi connectivity index (χ0) is 14.7. The summed E-state index contributed by atoms with van der Waals surface area (Å²) in [5, 5.41) is 13.1. The first kappa shape index (κ1) is 14.9. The van der Waals surface area contributed by atoms with E-state index in [0.29, 0.717) is 5.56 Å². The van der Waals surface area contributed by atoms with Gasteiger partial charge in [-0.1, -0.05) is 18.2 Å². The van der Waals surface area contributed by atoms with Gasteiger partial charge in [0.25, 0.3) is 0 Å². The van der Waals surface area contributed by atoms with Gasteiger partial charge in [0.05, 0.1) is 6.10 Å². The number of nitrogens with one attached hydrogen (secondary N) is 1. The van der Waals surface area contributed by atoms with E-state index in [1.54, 1.807) is 0 Å². The molecule has 1 atom stereocenters. The van der Waals surface area contributed by atoms with Gasteiger partial charge < -0.3 is 10.4 Å². The van der Waals surface area contributed by atoms with Crippen molar-refractivity contribution in [3.8, 4) is 0 Å². The number of aryl methyl sites for hydroxylation is 1. The van der Waals surface area contributed by atoms with Crippen LogP contribution in [0.1, 0.15) is 17.2 Å². The third kappa shape index (κ3) is 3.35.